The molecular weight excluding hydrogens is 571 g/mol. The number of unbranched alkanes of at least 4 members (excludes halogenated alkanes) is 1. The molecule has 0 aliphatic carbocycles. The molecule has 0 spiro atoms. The fourth-order valence-electron chi connectivity index (χ4n) is 4.27. The van der Waals surface area contributed by atoms with Crippen LogP contribution in [0, 0.1) is 23.3 Å². The van der Waals surface area contributed by atoms with Crippen LogP contribution in [0.3, 0.4) is 0 Å². The first kappa shape index (κ1) is 30.7. The Labute approximate surface area is 235 Å². The van der Waals surface area contributed by atoms with Crippen molar-refractivity contribution >= 4 is 6.08 Å². The van der Waals surface area contributed by atoms with Crippen LogP contribution in [0.2, 0.25) is 0 Å². The number of halogens is 9. The number of ether oxygens (including phenoxy) is 1. The van der Waals surface area contributed by atoms with Gasteiger partial charge >= 0.3 is 12.3 Å². The number of rotatable bonds is 9. The van der Waals surface area contributed by atoms with Gasteiger partial charge in [-0.2, -0.15) is 22.0 Å². The van der Waals surface area contributed by atoms with Crippen LogP contribution in [-0.2, 0) is 12.5 Å². The molecule has 220 valence electrons. The number of aryl methyl sites for hydroxylation is 1. The molecule has 4 aromatic carbocycles. The summed E-state index contributed by atoms with van der Waals surface area (Å²) < 4.78 is 129. The van der Waals surface area contributed by atoms with Crippen molar-refractivity contribution in [2.45, 2.75) is 38.5 Å². The molecule has 1 nitrogen and oxygen atoms in total. The van der Waals surface area contributed by atoms with E-state index in [1.165, 1.54) is 5.56 Å². The molecule has 0 atom stereocenters. The summed E-state index contributed by atoms with van der Waals surface area (Å²) in [7, 11) is 0. The van der Waals surface area contributed by atoms with Crippen LogP contribution < -0.4 is 4.74 Å². The quantitative estimate of drug-likeness (QED) is 0.175. The van der Waals surface area contributed by atoms with E-state index in [-0.39, 0.29) is 23.8 Å². The lowest BCUT2D eigenvalue weighted by molar-refractivity contribution is -0.189. The molecule has 0 bridgehead atoms. The van der Waals surface area contributed by atoms with Gasteiger partial charge in [-0.05, 0) is 58.9 Å². The molecule has 4 aromatic rings. The molecule has 0 heterocycles. The van der Waals surface area contributed by atoms with Crippen LogP contribution in [0.25, 0.3) is 28.3 Å². The number of allylic oxidation sites excluding steroid dienone is 1. The van der Waals surface area contributed by atoms with E-state index < -0.39 is 58.5 Å². The highest BCUT2D eigenvalue weighted by Crippen LogP contribution is 2.38. The highest BCUT2D eigenvalue weighted by Gasteiger charge is 2.41. The first-order valence-electron chi connectivity index (χ1n) is 12.8. The summed E-state index contributed by atoms with van der Waals surface area (Å²) >= 11 is 0. The highest BCUT2D eigenvalue weighted by atomic mass is 19.4. The number of hydrogen-bond acceptors (Lipinski definition) is 1. The summed E-state index contributed by atoms with van der Waals surface area (Å²) in [5, 5.41) is 0. The van der Waals surface area contributed by atoms with E-state index in [4.69, 9.17) is 0 Å². The predicted molar refractivity (Wildman–Crippen MR) is 142 cm³/mol. The Morgan fingerprint density at radius 3 is 1.60 bits per heavy atom. The molecule has 0 aliphatic heterocycles. The molecule has 0 aliphatic rings. The van der Waals surface area contributed by atoms with Gasteiger partial charge in [0.1, 0.15) is 34.6 Å². The molecule has 10 heteroatoms. The molecule has 42 heavy (non-hydrogen) atoms. The van der Waals surface area contributed by atoms with Gasteiger partial charge in [-0.1, -0.05) is 61.9 Å². The van der Waals surface area contributed by atoms with Gasteiger partial charge in [0.15, 0.2) is 0 Å². The second-order valence-corrected chi connectivity index (χ2v) is 9.49. The summed E-state index contributed by atoms with van der Waals surface area (Å²) in [5.74, 6) is -7.89. The van der Waals surface area contributed by atoms with E-state index in [2.05, 4.69) is 11.7 Å². The first-order chi connectivity index (χ1) is 19.8. The van der Waals surface area contributed by atoms with E-state index in [1.54, 1.807) is 24.3 Å². The smallest absolute Gasteiger partial charge is 0.429 e. The zero-order valence-electron chi connectivity index (χ0n) is 22.0. The predicted octanol–water partition coefficient (Wildman–Crippen LogP) is 10.6. The zero-order valence-corrected chi connectivity index (χ0v) is 22.0. The maximum absolute atomic E-state index is 14.8. The monoisotopic (exact) mass is 594 g/mol. The Bertz CT molecular complexity index is 1530. The van der Waals surface area contributed by atoms with Crippen LogP contribution in [0.15, 0.2) is 78.9 Å². The molecule has 0 radical (unpaired) electrons. The third-order valence-electron chi connectivity index (χ3n) is 6.40. The molecule has 0 fully saturated rings. The zero-order chi connectivity index (χ0) is 30.7. The third-order valence-corrected chi connectivity index (χ3v) is 6.40. The topological polar surface area (TPSA) is 9.23 Å². The number of hydrogen-bond donors (Lipinski definition) is 0. The van der Waals surface area contributed by atoms with E-state index in [1.807, 2.05) is 24.3 Å². The molecule has 4 rings (SSSR count). The summed E-state index contributed by atoms with van der Waals surface area (Å²) in [6.45, 7) is 2.11. The third kappa shape index (κ3) is 7.35. The highest BCUT2D eigenvalue weighted by molar-refractivity contribution is 5.71. The van der Waals surface area contributed by atoms with Crippen LogP contribution in [-0.4, -0.2) is 6.18 Å². The van der Waals surface area contributed by atoms with Gasteiger partial charge in [0, 0.05) is 23.8 Å². The van der Waals surface area contributed by atoms with Gasteiger partial charge in [0.25, 0.3) is 0 Å². The van der Waals surface area contributed by atoms with Crippen LogP contribution in [0.5, 0.6) is 5.75 Å². The van der Waals surface area contributed by atoms with Crippen molar-refractivity contribution in [1.29, 1.82) is 0 Å². The van der Waals surface area contributed by atoms with Crippen LogP contribution in [0.4, 0.5) is 39.5 Å². The second kappa shape index (κ2) is 12.3. The molecule has 0 amide bonds. The normalized spacial score (nSPS) is 12.2. The standard InChI is InChI=1S/C32H23F9O/c1-2-3-4-19-5-7-20(8-6-19)21-9-11-22(12-10-21)23-15-28(35)30(29(36)16-23)32(40,41)42-24-17-26(33)25(27(34)18-24)13-14-31(37,38)39/h5-18H,2-4H2,1H3. The van der Waals surface area contributed by atoms with E-state index >= 15 is 0 Å². The Hall–Kier alpha value is -4.21. The van der Waals surface area contributed by atoms with Gasteiger partial charge < -0.3 is 4.74 Å². The molecular formula is C32H23F9O. The molecule has 0 N–H and O–H groups in total. The Morgan fingerprint density at radius 1 is 0.643 bits per heavy atom. The van der Waals surface area contributed by atoms with Crippen molar-refractivity contribution in [3.8, 4) is 28.0 Å². The summed E-state index contributed by atoms with van der Waals surface area (Å²) in [5.41, 5.74) is 0.255. The molecule has 0 aromatic heterocycles. The first-order valence-corrected chi connectivity index (χ1v) is 12.8. The molecule has 0 unspecified atom stereocenters. The maximum atomic E-state index is 14.8. The Kier molecular flexibility index (Phi) is 9.03. The van der Waals surface area contributed by atoms with E-state index in [9.17, 15) is 39.5 Å². The van der Waals surface area contributed by atoms with Crippen molar-refractivity contribution in [3.63, 3.8) is 0 Å². The van der Waals surface area contributed by atoms with Crippen molar-refractivity contribution in [2.75, 3.05) is 0 Å². The average Bonchev–Trinajstić information content (AvgIpc) is 2.90. The van der Waals surface area contributed by atoms with Gasteiger partial charge in [-0.3, -0.25) is 0 Å². The average molecular weight is 595 g/mol. The lowest BCUT2D eigenvalue weighted by Gasteiger charge is -2.20. The molecule has 0 saturated carbocycles. The van der Waals surface area contributed by atoms with Crippen molar-refractivity contribution in [2.24, 2.45) is 0 Å². The lowest BCUT2D eigenvalue weighted by Crippen LogP contribution is -2.25. The Balaban J connectivity index is 1.55. The van der Waals surface area contributed by atoms with Crippen molar-refractivity contribution < 1.29 is 44.3 Å². The second-order valence-electron chi connectivity index (χ2n) is 9.49. The summed E-state index contributed by atoms with van der Waals surface area (Å²) in [6.07, 6.45) is -6.87. The Morgan fingerprint density at radius 2 is 1.12 bits per heavy atom. The number of benzene rings is 4. The molecule has 0 saturated heterocycles. The lowest BCUT2D eigenvalue weighted by atomic mass is 9.98. The van der Waals surface area contributed by atoms with Gasteiger partial charge in [-0.25, -0.2) is 17.6 Å². The fraction of sp³-hybridized carbons (Fsp3) is 0.188. The van der Waals surface area contributed by atoms with Crippen molar-refractivity contribution in [3.05, 3.63) is 119 Å². The van der Waals surface area contributed by atoms with Gasteiger partial charge in [0.2, 0.25) is 0 Å². The van der Waals surface area contributed by atoms with E-state index in [0.717, 1.165) is 30.4 Å². The van der Waals surface area contributed by atoms with Crippen LogP contribution in [0.1, 0.15) is 36.5 Å². The number of alkyl halides is 5. The minimum Gasteiger partial charge on any atom is -0.429 e. The SMILES string of the molecule is CCCCc1ccc(-c2ccc(-c3cc(F)c(C(F)(F)Oc4cc(F)c(C=CC(F)(F)F)c(F)c4)c(F)c3)cc2)cc1. The van der Waals surface area contributed by atoms with E-state index in [0.29, 0.717) is 17.7 Å². The maximum Gasteiger partial charge on any atom is 0.432 e. The largest absolute Gasteiger partial charge is 0.432 e. The van der Waals surface area contributed by atoms with Gasteiger partial charge in [-0.15, -0.1) is 0 Å². The summed E-state index contributed by atoms with van der Waals surface area (Å²) in [6, 6.07) is 16.2. The fourth-order valence-corrected chi connectivity index (χ4v) is 4.27. The van der Waals surface area contributed by atoms with Crippen molar-refractivity contribution in [1.82, 2.24) is 0 Å². The summed E-state index contributed by atoms with van der Waals surface area (Å²) in [4.78, 5) is 0. The minimum absolute atomic E-state index is 0.0519. The minimum atomic E-state index is -4.88. The van der Waals surface area contributed by atoms with Gasteiger partial charge in [0.05, 0.1) is 0 Å². The van der Waals surface area contributed by atoms with Crippen LogP contribution >= 0.6 is 0 Å².